The van der Waals surface area contributed by atoms with Crippen molar-refractivity contribution in [3.8, 4) is 0 Å². The molecule has 0 spiro atoms. The van der Waals surface area contributed by atoms with E-state index in [4.69, 9.17) is 29.9 Å². The number of pyridine rings is 1. The van der Waals surface area contributed by atoms with Crippen LogP contribution in [0.2, 0.25) is 0 Å². The average Bonchev–Trinajstić information content (AvgIpc) is 2.90. The topological polar surface area (TPSA) is 73.5 Å². The van der Waals surface area contributed by atoms with Crippen molar-refractivity contribution in [3.63, 3.8) is 0 Å². The molecule has 3 heterocycles. The second kappa shape index (κ2) is 15.3. The zero-order valence-corrected chi connectivity index (χ0v) is 23.4. The Kier molecular flexibility index (Phi) is 12.2. The number of anilines is 1. The molecule has 35 heavy (non-hydrogen) atoms. The Bertz CT molecular complexity index is 708. The minimum absolute atomic E-state index is 0.00694. The summed E-state index contributed by atoms with van der Waals surface area (Å²) in [6.45, 7) is 7.36. The summed E-state index contributed by atoms with van der Waals surface area (Å²) in [5.74, 6) is 0. The molecule has 0 amide bonds. The third kappa shape index (κ3) is 8.69. The van der Waals surface area contributed by atoms with Crippen molar-refractivity contribution in [2.45, 2.75) is 88.6 Å². The number of hydrogen-bond acceptors (Lipinski definition) is 7. The zero-order valence-electron chi connectivity index (χ0n) is 20.7. The van der Waals surface area contributed by atoms with E-state index in [1.54, 1.807) is 0 Å². The van der Waals surface area contributed by atoms with E-state index in [0.717, 1.165) is 52.5 Å². The van der Waals surface area contributed by atoms with Gasteiger partial charge in [0.2, 0.25) is 0 Å². The number of nitrogens with zero attached hydrogens (tertiary/aromatic N) is 2. The first kappa shape index (κ1) is 27.9. The van der Waals surface area contributed by atoms with E-state index < -0.39 is 0 Å². The fourth-order valence-corrected chi connectivity index (χ4v) is 6.04. The molecule has 4 N–H and O–H groups in total. The van der Waals surface area contributed by atoms with Crippen molar-refractivity contribution in [1.29, 1.82) is 0 Å². The molecule has 1 aromatic heterocycles. The molecule has 0 radical (unpaired) electrons. The molecule has 2 bridgehead atoms. The van der Waals surface area contributed by atoms with Gasteiger partial charge in [0.1, 0.15) is 0 Å². The van der Waals surface area contributed by atoms with Crippen LogP contribution in [0.5, 0.6) is 0 Å². The fraction of sp³-hybridized carbons (Fsp3) is 0.800. The van der Waals surface area contributed by atoms with Crippen molar-refractivity contribution < 1.29 is 17.9 Å². The van der Waals surface area contributed by atoms with Gasteiger partial charge in [-0.1, -0.05) is 25.7 Å². The fourth-order valence-electron chi connectivity index (χ4n) is 6.04. The summed E-state index contributed by atoms with van der Waals surface area (Å²) in [6.07, 6.45) is 10.4. The van der Waals surface area contributed by atoms with Gasteiger partial charge in [-0.2, -0.15) is 0 Å². The van der Waals surface area contributed by atoms with E-state index in [-0.39, 0.29) is 13.1 Å². The maximum atomic E-state index is 5.59. The van der Waals surface area contributed by atoms with E-state index in [1.165, 1.54) is 68.4 Å². The SMILES string of the molecule is [Cl][Mn][Cl].c1c(N2CCOCC2)cc2nc1CN[C@@H]1CCCC[C@H]1NCCN[C@@H]1CCCC[C@H]1NC2. The van der Waals surface area contributed by atoms with Gasteiger partial charge in [0.15, 0.2) is 0 Å². The number of fused-ring (bicyclic) bond motifs is 4. The van der Waals surface area contributed by atoms with Crippen LogP contribution in [-0.4, -0.2) is 68.5 Å². The molecule has 1 saturated heterocycles. The summed E-state index contributed by atoms with van der Waals surface area (Å²) < 4.78 is 5.59. The third-order valence-corrected chi connectivity index (χ3v) is 7.85. The van der Waals surface area contributed by atoms with E-state index in [2.05, 4.69) is 38.3 Å². The van der Waals surface area contributed by atoms with Crippen molar-refractivity contribution >= 4 is 25.9 Å². The van der Waals surface area contributed by atoms with Crippen molar-refractivity contribution in [1.82, 2.24) is 26.3 Å². The Hall–Kier alpha value is -0.151. The summed E-state index contributed by atoms with van der Waals surface area (Å²) in [5, 5.41) is 15.5. The number of aromatic nitrogens is 1. The van der Waals surface area contributed by atoms with Crippen LogP contribution >= 0.6 is 20.2 Å². The first-order valence-electron chi connectivity index (χ1n) is 13.4. The second-order valence-corrected chi connectivity index (χ2v) is 12.1. The van der Waals surface area contributed by atoms with Crippen LogP contribution in [0.1, 0.15) is 62.8 Å². The van der Waals surface area contributed by atoms with Crippen LogP contribution in [0.25, 0.3) is 0 Å². The normalized spacial score (nSPS) is 30.5. The van der Waals surface area contributed by atoms with Crippen LogP contribution in [0.3, 0.4) is 0 Å². The monoisotopic (exact) mass is 567 g/mol. The number of morpholine rings is 1. The first-order valence-corrected chi connectivity index (χ1v) is 16.6. The Labute approximate surface area is 225 Å². The molecular formula is C25H42Cl2MnN6O. The second-order valence-electron chi connectivity index (χ2n) is 10.1. The van der Waals surface area contributed by atoms with Crippen molar-refractivity contribution in [3.05, 3.63) is 23.5 Å². The van der Waals surface area contributed by atoms with Gasteiger partial charge < -0.3 is 30.9 Å². The molecule has 2 aliphatic heterocycles. The molecule has 2 saturated carbocycles. The summed E-state index contributed by atoms with van der Waals surface area (Å²) in [5.41, 5.74) is 3.64. The smallest absolute Gasteiger partial charge is 0.0642 e. The van der Waals surface area contributed by atoms with Gasteiger partial charge in [-0.25, -0.2) is 0 Å². The Balaban J connectivity index is 0.000000917. The van der Waals surface area contributed by atoms with Gasteiger partial charge in [0.05, 0.1) is 24.6 Å². The summed E-state index contributed by atoms with van der Waals surface area (Å²) in [4.78, 5) is 7.55. The largest absolute Gasteiger partial charge is 0.378 e. The summed E-state index contributed by atoms with van der Waals surface area (Å²) in [7, 11) is 9.59. The van der Waals surface area contributed by atoms with Crippen LogP contribution in [0.4, 0.5) is 5.69 Å². The van der Waals surface area contributed by atoms with Gasteiger partial charge in [0, 0.05) is 69.1 Å². The standard InChI is InChI=1S/C25H42N6O.2ClH.Mn/c1-3-7-24-22(5-1)26-9-10-27-23-6-2-4-8-25(23)29-18-20-16-21(15-19(30-20)17-28-24)31-11-13-32-14-12-31;;;/h15-16,22-29H,1-14,17-18H2;2*1H;/q;;;+2/p-2/t22-,23-,24-,25-;;;/m1.../s1. The molecule has 3 fully saturated rings. The minimum atomic E-state index is 0.00694. The molecule has 0 unspecified atom stereocenters. The number of halogens is 2. The summed E-state index contributed by atoms with van der Waals surface area (Å²) >= 11 is 0.00694. The molecule has 199 valence electrons. The van der Waals surface area contributed by atoms with Gasteiger partial charge >= 0.3 is 33.3 Å². The van der Waals surface area contributed by atoms with E-state index in [0.29, 0.717) is 24.2 Å². The number of rotatable bonds is 1. The Morgan fingerprint density at radius 2 is 1.17 bits per heavy atom. The van der Waals surface area contributed by atoms with Crippen LogP contribution < -0.4 is 26.2 Å². The van der Waals surface area contributed by atoms with E-state index >= 15 is 0 Å². The molecular weight excluding hydrogens is 526 g/mol. The Morgan fingerprint density at radius 1 is 0.743 bits per heavy atom. The molecule has 7 nitrogen and oxygen atoms in total. The number of ether oxygens (including phenoxy) is 1. The minimum Gasteiger partial charge on any atom is -0.378 e. The van der Waals surface area contributed by atoms with Crippen LogP contribution in [0, 0.1) is 0 Å². The van der Waals surface area contributed by atoms with E-state index in [9.17, 15) is 0 Å². The van der Waals surface area contributed by atoms with E-state index in [1.807, 2.05) is 0 Å². The van der Waals surface area contributed by atoms with Gasteiger partial charge in [-0.3, -0.25) is 4.98 Å². The number of hydrogen-bond donors (Lipinski definition) is 4. The van der Waals surface area contributed by atoms with Gasteiger partial charge in [-0.15, -0.1) is 0 Å². The van der Waals surface area contributed by atoms with Crippen molar-refractivity contribution in [2.24, 2.45) is 0 Å². The first-order chi connectivity index (χ1) is 17.3. The van der Waals surface area contributed by atoms with Crippen LogP contribution in [0.15, 0.2) is 12.1 Å². The Morgan fingerprint density at radius 3 is 1.63 bits per heavy atom. The maximum absolute atomic E-state index is 5.59. The zero-order chi connectivity index (χ0) is 24.3. The van der Waals surface area contributed by atoms with Crippen LogP contribution in [-0.2, 0) is 31.0 Å². The summed E-state index contributed by atoms with van der Waals surface area (Å²) in [6, 6.07) is 6.81. The maximum Gasteiger partial charge on any atom is 0.0642 e. The predicted molar refractivity (Wildman–Crippen MR) is 141 cm³/mol. The quantitative estimate of drug-likeness (QED) is 0.388. The molecule has 0 aromatic carbocycles. The predicted octanol–water partition coefficient (Wildman–Crippen LogP) is 3.29. The van der Waals surface area contributed by atoms with Crippen molar-refractivity contribution in [2.75, 3.05) is 44.3 Å². The molecule has 5 rings (SSSR count). The molecule has 4 aliphatic rings. The molecule has 2 aliphatic carbocycles. The molecule has 4 atom stereocenters. The van der Waals surface area contributed by atoms with Gasteiger partial charge in [-0.05, 0) is 37.8 Å². The third-order valence-electron chi connectivity index (χ3n) is 7.85. The average molecular weight is 568 g/mol. The number of nitrogens with one attached hydrogen (secondary N) is 4. The van der Waals surface area contributed by atoms with Gasteiger partial charge in [0.25, 0.3) is 0 Å². The molecule has 10 heteroatoms. The molecule has 1 aromatic rings.